The van der Waals surface area contributed by atoms with Gasteiger partial charge in [-0.2, -0.15) is 0 Å². The van der Waals surface area contributed by atoms with E-state index in [9.17, 15) is 9.90 Å². The fraction of sp³-hybridized carbons (Fsp3) is 0.182. The van der Waals surface area contributed by atoms with Gasteiger partial charge in [-0.25, -0.2) is 14.5 Å². The molecule has 2 aromatic carbocycles. The van der Waals surface area contributed by atoms with Crippen molar-refractivity contribution in [2.75, 3.05) is 14.2 Å². The zero-order valence-electron chi connectivity index (χ0n) is 16.9. The van der Waals surface area contributed by atoms with Crippen molar-refractivity contribution in [2.45, 2.75) is 12.5 Å². The molecule has 4 rings (SSSR count). The summed E-state index contributed by atoms with van der Waals surface area (Å²) in [5.74, 6) is 0.104. The zero-order chi connectivity index (χ0) is 21.8. The van der Waals surface area contributed by atoms with E-state index in [1.165, 1.54) is 26.5 Å². The van der Waals surface area contributed by atoms with Crippen LogP contribution in [-0.4, -0.2) is 45.3 Å². The molecule has 2 heterocycles. The number of ether oxygens (including phenoxy) is 2. The first-order valence-electron chi connectivity index (χ1n) is 9.46. The summed E-state index contributed by atoms with van der Waals surface area (Å²) in [5, 5.41) is 18.3. The van der Waals surface area contributed by atoms with Crippen molar-refractivity contribution in [3.63, 3.8) is 0 Å². The maximum Gasteiger partial charge on any atom is 0.360 e. The van der Waals surface area contributed by atoms with Crippen molar-refractivity contribution in [1.29, 1.82) is 0 Å². The predicted molar refractivity (Wildman–Crippen MR) is 110 cm³/mol. The van der Waals surface area contributed by atoms with Crippen molar-refractivity contribution < 1.29 is 23.8 Å². The van der Waals surface area contributed by atoms with Crippen LogP contribution in [0.5, 0.6) is 11.5 Å². The molecule has 2 aromatic heterocycles. The lowest BCUT2D eigenvalue weighted by Gasteiger charge is -2.13. The molecular formula is C22H20N4O5. The highest BCUT2D eigenvalue weighted by molar-refractivity contribution is 5.86. The van der Waals surface area contributed by atoms with Gasteiger partial charge in [-0.05, 0) is 23.8 Å². The molecule has 1 N–H and O–H groups in total. The normalized spacial score (nSPS) is 11.8. The van der Waals surface area contributed by atoms with Gasteiger partial charge in [0.1, 0.15) is 18.0 Å². The number of carbonyl (C=O) groups excluding carboxylic acids is 1. The standard InChI is InChI=1S/C22H20N4O5/c1-29-20-11-15(8-9-19(20)27)16-12-26(25-24-16)18(10-14-6-4-3-5-7-14)21-23-17(13-31-21)22(28)30-2/h3-9,11-13,18,27H,10H2,1-2H3/t18-/m0/s1. The highest BCUT2D eigenvalue weighted by atomic mass is 16.5. The number of oxazole rings is 1. The number of aromatic nitrogens is 4. The topological polar surface area (TPSA) is 112 Å². The van der Waals surface area contributed by atoms with E-state index in [0.29, 0.717) is 23.8 Å². The third-order valence-corrected chi connectivity index (χ3v) is 4.78. The minimum absolute atomic E-state index is 0.0377. The van der Waals surface area contributed by atoms with Crippen molar-refractivity contribution in [3.8, 4) is 22.8 Å². The monoisotopic (exact) mass is 420 g/mol. The maximum atomic E-state index is 11.8. The van der Waals surface area contributed by atoms with Crippen molar-refractivity contribution in [2.24, 2.45) is 0 Å². The molecule has 0 radical (unpaired) electrons. The molecule has 0 aliphatic rings. The quantitative estimate of drug-likeness (QED) is 0.453. The molecule has 0 bridgehead atoms. The summed E-state index contributed by atoms with van der Waals surface area (Å²) in [7, 11) is 2.76. The minimum atomic E-state index is -0.580. The molecule has 9 nitrogen and oxygen atoms in total. The number of hydrogen-bond acceptors (Lipinski definition) is 8. The number of nitrogens with zero attached hydrogens (tertiary/aromatic N) is 4. The second-order valence-corrected chi connectivity index (χ2v) is 6.74. The van der Waals surface area contributed by atoms with Crippen LogP contribution in [0.3, 0.4) is 0 Å². The number of hydrogen-bond donors (Lipinski definition) is 1. The smallest absolute Gasteiger partial charge is 0.360 e. The molecule has 0 fully saturated rings. The predicted octanol–water partition coefficient (Wildman–Crippen LogP) is 3.27. The second-order valence-electron chi connectivity index (χ2n) is 6.74. The summed E-state index contributed by atoms with van der Waals surface area (Å²) >= 11 is 0. The number of phenolic OH excluding ortho intramolecular Hbond substituents is 1. The molecule has 31 heavy (non-hydrogen) atoms. The lowest BCUT2D eigenvalue weighted by atomic mass is 10.1. The fourth-order valence-corrected chi connectivity index (χ4v) is 3.17. The van der Waals surface area contributed by atoms with Crippen LogP contribution in [0.15, 0.2) is 65.4 Å². The van der Waals surface area contributed by atoms with Crippen LogP contribution in [0, 0.1) is 0 Å². The van der Waals surface area contributed by atoms with Crippen LogP contribution >= 0.6 is 0 Å². The Hall–Kier alpha value is -4.14. The van der Waals surface area contributed by atoms with Gasteiger partial charge in [-0.15, -0.1) is 5.10 Å². The summed E-state index contributed by atoms with van der Waals surface area (Å²) < 4.78 is 17.1. The molecule has 0 unspecified atom stereocenters. The van der Waals surface area contributed by atoms with Crippen molar-refractivity contribution in [1.82, 2.24) is 20.0 Å². The first kappa shape index (κ1) is 20.1. The van der Waals surface area contributed by atoms with Gasteiger partial charge >= 0.3 is 5.97 Å². The fourth-order valence-electron chi connectivity index (χ4n) is 3.17. The number of carbonyl (C=O) groups is 1. The van der Waals surface area contributed by atoms with E-state index in [2.05, 4.69) is 15.3 Å². The van der Waals surface area contributed by atoms with E-state index >= 15 is 0 Å². The van der Waals surface area contributed by atoms with E-state index in [4.69, 9.17) is 13.9 Å². The molecule has 9 heteroatoms. The summed E-state index contributed by atoms with van der Waals surface area (Å²) in [6, 6.07) is 14.3. The van der Waals surface area contributed by atoms with E-state index in [1.54, 1.807) is 23.0 Å². The minimum Gasteiger partial charge on any atom is -0.504 e. The molecule has 0 saturated carbocycles. The van der Waals surface area contributed by atoms with Gasteiger partial charge in [0.05, 0.1) is 20.4 Å². The number of methoxy groups -OCH3 is 2. The van der Waals surface area contributed by atoms with Gasteiger partial charge in [-0.3, -0.25) is 0 Å². The zero-order valence-corrected chi connectivity index (χ0v) is 16.9. The lowest BCUT2D eigenvalue weighted by Crippen LogP contribution is -2.15. The van der Waals surface area contributed by atoms with Crippen molar-refractivity contribution >= 4 is 5.97 Å². The number of aromatic hydroxyl groups is 1. The molecule has 0 spiro atoms. The van der Waals surface area contributed by atoms with Crippen LogP contribution in [0.1, 0.15) is 28.0 Å². The third kappa shape index (κ3) is 4.25. The highest BCUT2D eigenvalue weighted by Crippen LogP contribution is 2.31. The molecule has 0 amide bonds. The van der Waals surface area contributed by atoms with Crippen LogP contribution in [-0.2, 0) is 11.2 Å². The average Bonchev–Trinajstić information content (AvgIpc) is 3.48. The largest absolute Gasteiger partial charge is 0.504 e. The molecule has 1 atom stereocenters. The van der Waals surface area contributed by atoms with E-state index in [0.717, 1.165) is 11.1 Å². The lowest BCUT2D eigenvalue weighted by molar-refractivity contribution is 0.0594. The molecule has 0 aliphatic carbocycles. The third-order valence-electron chi connectivity index (χ3n) is 4.78. The van der Waals surface area contributed by atoms with Gasteiger partial charge in [0.25, 0.3) is 0 Å². The van der Waals surface area contributed by atoms with Crippen LogP contribution < -0.4 is 4.74 Å². The van der Waals surface area contributed by atoms with Crippen LogP contribution in [0.25, 0.3) is 11.3 Å². The Labute approximate surface area is 177 Å². The first-order chi connectivity index (χ1) is 15.1. The van der Waals surface area contributed by atoms with Gasteiger partial charge in [-0.1, -0.05) is 35.5 Å². The maximum absolute atomic E-state index is 11.8. The molecular weight excluding hydrogens is 400 g/mol. The number of benzene rings is 2. The highest BCUT2D eigenvalue weighted by Gasteiger charge is 2.24. The van der Waals surface area contributed by atoms with E-state index in [1.807, 2.05) is 30.3 Å². The summed E-state index contributed by atoms with van der Waals surface area (Å²) in [4.78, 5) is 16.1. The Morgan fingerprint density at radius 3 is 2.74 bits per heavy atom. The average molecular weight is 420 g/mol. The summed E-state index contributed by atoms with van der Waals surface area (Å²) in [5.41, 5.74) is 2.42. The molecule has 4 aromatic rings. The number of phenols is 1. The van der Waals surface area contributed by atoms with Crippen LogP contribution in [0.2, 0.25) is 0 Å². The summed E-state index contributed by atoms with van der Waals surface area (Å²) in [6.07, 6.45) is 3.53. The number of rotatable bonds is 7. The Balaban J connectivity index is 1.70. The molecule has 0 aliphatic heterocycles. The van der Waals surface area contributed by atoms with Crippen molar-refractivity contribution in [3.05, 3.63) is 78.1 Å². The van der Waals surface area contributed by atoms with Gasteiger partial charge in [0.15, 0.2) is 17.2 Å². The second kappa shape index (κ2) is 8.70. The molecule has 158 valence electrons. The Morgan fingerprint density at radius 2 is 2.00 bits per heavy atom. The van der Waals surface area contributed by atoms with Gasteiger partial charge in [0, 0.05) is 12.0 Å². The Morgan fingerprint density at radius 1 is 1.19 bits per heavy atom. The number of esters is 1. The van der Waals surface area contributed by atoms with Gasteiger partial charge < -0.3 is 19.0 Å². The van der Waals surface area contributed by atoms with E-state index < -0.39 is 12.0 Å². The van der Waals surface area contributed by atoms with E-state index in [-0.39, 0.29) is 11.4 Å². The Kier molecular flexibility index (Phi) is 5.65. The van der Waals surface area contributed by atoms with Gasteiger partial charge in [0.2, 0.25) is 5.89 Å². The first-order valence-corrected chi connectivity index (χ1v) is 9.46. The molecule has 0 saturated heterocycles. The van der Waals surface area contributed by atoms with Crippen LogP contribution in [0.4, 0.5) is 0 Å². The Bertz CT molecular complexity index is 1190. The SMILES string of the molecule is COC(=O)c1coc([C@H](Cc2ccccc2)n2cc(-c3ccc(O)c(OC)c3)nn2)n1. The summed E-state index contributed by atoms with van der Waals surface area (Å²) in [6.45, 7) is 0.